The second kappa shape index (κ2) is 12.6. The number of rotatable bonds is 9. The van der Waals surface area contributed by atoms with Crippen molar-refractivity contribution < 1.29 is 19.2 Å². The SMILES string of the molecule is CCOc1cc(/C=C(\C#N)C(=O)Nc2ccc([N+](=O)[O-])cc2Cl)cc(I)c1OCc1cccc2ccccc12. The van der Waals surface area contributed by atoms with E-state index in [2.05, 4.69) is 34.0 Å². The monoisotopic (exact) mass is 653 g/mol. The van der Waals surface area contributed by atoms with Crippen molar-refractivity contribution in [2.24, 2.45) is 0 Å². The second-order valence-electron chi connectivity index (χ2n) is 8.24. The number of nitro benzene ring substituents is 1. The van der Waals surface area contributed by atoms with Gasteiger partial charge in [0.1, 0.15) is 18.2 Å². The molecule has 0 fully saturated rings. The van der Waals surface area contributed by atoms with Gasteiger partial charge in [-0.3, -0.25) is 14.9 Å². The van der Waals surface area contributed by atoms with Gasteiger partial charge in [-0.25, -0.2) is 0 Å². The fraction of sp³-hybridized carbons (Fsp3) is 0.103. The zero-order chi connectivity index (χ0) is 27.9. The summed E-state index contributed by atoms with van der Waals surface area (Å²) in [5.41, 5.74) is 1.34. The maximum absolute atomic E-state index is 12.8. The molecule has 0 aliphatic heterocycles. The summed E-state index contributed by atoms with van der Waals surface area (Å²) in [6, 6.07) is 23.2. The number of benzene rings is 4. The quantitative estimate of drug-likeness (QED) is 0.0657. The van der Waals surface area contributed by atoms with Gasteiger partial charge in [0.2, 0.25) is 0 Å². The lowest BCUT2D eigenvalue weighted by atomic mass is 10.1. The molecule has 0 saturated carbocycles. The summed E-state index contributed by atoms with van der Waals surface area (Å²) in [7, 11) is 0. The first-order valence-corrected chi connectivity index (χ1v) is 13.2. The van der Waals surface area contributed by atoms with E-state index in [-0.39, 0.29) is 22.0 Å². The van der Waals surface area contributed by atoms with E-state index in [0.717, 1.165) is 26.0 Å². The number of nitrogens with one attached hydrogen (secondary N) is 1. The molecule has 4 aromatic carbocycles. The molecule has 0 saturated heterocycles. The zero-order valence-corrected chi connectivity index (χ0v) is 23.5. The van der Waals surface area contributed by atoms with E-state index in [4.69, 9.17) is 21.1 Å². The molecule has 1 N–H and O–H groups in total. The summed E-state index contributed by atoms with van der Waals surface area (Å²) in [6.45, 7) is 2.57. The standard InChI is InChI=1S/C29H21ClIN3O5/c1-2-38-27-14-18(12-21(16-32)29(35)33-26-11-10-22(34(36)37)15-24(26)30)13-25(31)28(27)39-17-20-8-5-7-19-6-3-4-9-23(19)20/h3-15H,2,17H2,1H3,(H,33,35)/b21-12+. The van der Waals surface area contributed by atoms with Crippen LogP contribution in [0.25, 0.3) is 16.8 Å². The fourth-order valence-corrected chi connectivity index (χ4v) is 4.87. The highest BCUT2D eigenvalue weighted by Crippen LogP contribution is 2.36. The minimum Gasteiger partial charge on any atom is -0.490 e. The van der Waals surface area contributed by atoms with E-state index in [0.29, 0.717) is 30.3 Å². The zero-order valence-electron chi connectivity index (χ0n) is 20.6. The summed E-state index contributed by atoms with van der Waals surface area (Å²) < 4.78 is 12.8. The molecule has 0 aliphatic carbocycles. The number of fused-ring (bicyclic) bond motifs is 1. The smallest absolute Gasteiger partial charge is 0.271 e. The Balaban J connectivity index is 1.58. The summed E-state index contributed by atoms with van der Waals surface area (Å²) in [4.78, 5) is 23.1. The van der Waals surface area contributed by atoms with Crippen molar-refractivity contribution in [3.8, 4) is 17.6 Å². The van der Waals surface area contributed by atoms with Gasteiger partial charge in [-0.1, -0.05) is 54.1 Å². The molecule has 4 rings (SSSR count). The lowest BCUT2D eigenvalue weighted by molar-refractivity contribution is -0.384. The first-order chi connectivity index (χ1) is 18.8. The summed E-state index contributed by atoms with van der Waals surface area (Å²) >= 11 is 8.20. The molecule has 39 heavy (non-hydrogen) atoms. The summed E-state index contributed by atoms with van der Waals surface area (Å²) in [5, 5.41) is 25.3. The molecule has 0 aliphatic rings. The van der Waals surface area contributed by atoms with E-state index in [1.54, 1.807) is 12.1 Å². The Hall–Kier alpha value is -4.14. The third kappa shape index (κ3) is 6.66. The van der Waals surface area contributed by atoms with Crippen molar-refractivity contribution in [1.29, 1.82) is 5.26 Å². The molecule has 10 heteroatoms. The molecule has 0 heterocycles. The maximum Gasteiger partial charge on any atom is 0.271 e. The highest BCUT2D eigenvalue weighted by Gasteiger charge is 2.17. The number of nitriles is 1. The van der Waals surface area contributed by atoms with Crippen LogP contribution in [0.5, 0.6) is 11.5 Å². The predicted molar refractivity (Wildman–Crippen MR) is 159 cm³/mol. The average Bonchev–Trinajstić information content (AvgIpc) is 2.92. The number of nitro groups is 1. The number of carbonyl (C=O) groups is 1. The van der Waals surface area contributed by atoms with Crippen LogP contribution in [0.1, 0.15) is 18.1 Å². The normalized spacial score (nSPS) is 11.1. The van der Waals surface area contributed by atoms with Gasteiger partial charge in [-0.15, -0.1) is 0 Å². The van der Waals surface area contributed by atoms with Crippen LogP contribution in [-0.4, -0.2) is 17.4 Å². The number of nitrogens with zero attached hydrogens (tertiary/aromatic N) is 2. The van der Waals surface area contributed by atoms with Crippen molar-refractivity contribution in [2.75, 3.05) is 11.9 Å². The molecule has 4 aromatic rings. The Kier molecular flexibility index (Phi) is 9.01. The Morgan fingerprint density at radius 1 is 1.13 bits per heavy atom. The molecule has 0 spiro atoms. The van der Waals surface area contributed by atoms with Crippen LogP contribution >= 0.6 is 34.2 Å². The largest absolute Gasteiger partial charge is 0.490 e. The number of anilines is 1. The van der Waals surface area contributed by atoms with Crippen LogP contribution in [0.15, 0.2) is 78.4 Å². The topological polar surface area (TPSA) is 114 Å². The number of carbonyl (C=O) groups excluding carboxylic acids is 1. The Morgan fingerprint density at radius 2 is 1.90 bits per heavy atom. The number of hydrogen-bond acceptors (Lipinski definition) is 6. The number of ether oxygens (including phenoxy) is 2. The molecular formula is C29H21ClIN3O5. The predicted octanol–water partition coefficient (Wildman–Crippen LogP) is 7.53. The van der Waals surface area contributed by atoms with Crippen molar-refractivity contribution >= 4 is 68.3 Å². The van der Waals surface area contributed by atoms with Gasteiger partial charge in [-0.05, 0) is 75.7 Å². The van der Waals surface area contributed by atoms with Crippen molar-refractivity contribution in [2.45, 2.75) is 13.5 Å². The van der Waals surface area contributed by atoms with E-state index in [9.17, 15) is 20.2 Å². The molecule has 0 radical (unpaired) electrons. The molecule has 196 valence electrons. The third-order valence-electron chi connectivity index (χ3n) is 5.67. The van der Waals surface area contributed by atoms with Gasteiger partial charge in [-0.2, -0.15) is 5.26 Å². The van der Waals surface area contributed by atoms with E-state index in [1.807, 2.05) is 49.4 Å². The fourth-order valence-electron chi connectivity index (χ4n) is 3.87. The molecule has 1 amide bonds. The summed E-state index contributed by atoms with van der Waals surface area (Å²) in [5.74, 6) is 0.327. The highest BCUT2D eigenvalue weighted by molar-refractivity contribution is 14.1. The minimum absolute atomic E-state index is 0.0179. The Morgan fingerprint density at radius 3 is 2.62 bits per heavy atom. The van der Waals surface area contributed by atoms with Crippen LogP contribution < -0.4 is 14.8 Å². The van der Waals surface area contributed by atoms with Gasteiger partial charge in [0.05, 0.1) is 25.8 Å². The van der Waals surface area contributed by atoms with E-state index in [1.165, 1.54) is 18.2 Å². The number of hydrogen-bond donors (Lipinski definition) is 1. The second-order valence-corrected chi connectivity index (χ2v) is 9.80. The number of amides is 1. The average molecular weight is 654 g/mol. The first kappa shape index (κ1) is 27.9. The lowest BCUT2D eigenvalue weighted by Gasteiger charge is -2.16. The molecule has 0 aromatic heterocycles. The third-order valence-corrected chi connectivity index (χ3v) is 6.79. The first-order valence-electron chi connectivity index (χ1n) is 11.7. The number of halogens is 2. The van der Waals surface area contributed by atoms with Crippen LogP contribution in [-0.2, 0) is 11.4 Å². The molecule has 0 unspecified atom stereocenters. The molecule has 0 bridgehead atoms. The van der Waals surface area contributed by atoms with Crippen LogP contribution in [0.4, 0.5) is 11.4 Å². The maximum atomic E-state index is 12.8. The van der Waals surface area contributed by atoms with Gasteiger partial charge in [0, 0.05) is 12.1 Å². The molecular weight excluding hydrogens is 633 g/mol. The highest BCUT2D eigenvalue weighted by atomic mass is 127. The van der Waals surface area contributed by atoms with E-state index >= 15 is 0 Å². The van der Waals surface area contributed by atoms with Crippen LogP contribution in [0, 0.1) is 25.0 Å². The van der Waals surface area contributed by atoms with Gasteiger partial charge >= 0.3 is 0 Å². The van der Waals surface area contributed by atoms with Crippen molar-refractivity contribution in [3.63, 3.8) is 0 Å². The summed E-state index contributed by atoms with van der Waals surface area (Å²) in [6.07, 6.45) is 1.42. The Bertz CT molecular complexity index is 1640. The van der Waals surface area contributed by atoms with Crippen molar-refractivity contribution in [3.05, 3.63) is 108 Å². The molecule has 8 nitrogen and oxygen atoms in total. The van der Waals surface area contributed by atoms with E-state index < -0.39 is 10.8 Å². The Labute approximate surface area is 243 Å². The van der Waals surface area contributed by atoms with Gasteiger partial charge in [0.15, 0.2) is 11.5 Å². The van der Waals surface area contributed by atoms with Gasteiger partial charge < -0.3 is 14.8 Å². The van der Waals surface area contributed by atoms with Crippen LogP contribution in [0.2, 0.25) is 5.02 Å². The molecule has 0 atom stereocenters. The number of non-ortho nitro benzene ring substituents is 1. The van der Waals surface area contributed by atoms with Crippen molar-refractivity contribution in [1.82, 2.24) is 0 Å². The minimum atomic E-state index is -0.711. The van der Waals surface area contributed by atoms with Crippen LogP contribution in [0.3, 0.4) is 0 Å². The van der Waals surface area contributed by atoms with Gasteiger partial charge in [0.25, 0.3) is 11.6 Å². The lowest BCUT2D eigenvalue weighted by Crippen LogP contribution is -2.14.